The molecule has 3 rings (SSSR count). The molecule has 3 amide bonds. The highest BCUT2D eigenvalue weighted by Gasteiger charge is 2.31. The standard InChI is InChI=1S/C26H32IN5O6S3/c1-15(2)3-8-18(32-41(36,37)23-10-9-22(40-23)21-11-12-29-38-21)25(34)30-19(13-16-4-6-17(27)7-5-16)26(35)31-20(14-39)24(28)33/h4-7,9-12,15,18-20,32,39H,3,8,13-14H2,1-2H3,(H2,28,33)(H,30,34)(H,31,35)/t18-,19-,20-/m0/s1. The molecule has 5 N–H and O–H groups in total. The van der Waals surface area contributed by atoms with Crippen LogP contribution in [0.3, 0.4) is 0 Å². The number of aromatic nitrogens is 1. The molecule has 0 aliphatic carbocycles. The van der Waals surface area contributed by atoms with Crippen LogP contribution in [-0.2, 0) is 30.8 Å². The molecule has 0 aliphatic heterocycles. The highest BCUT2D eigenvalue weighted by Crippen LogP contribution is 2.30. The minimum atomic E-state index is -4.10. The van der Waals surface area contributed by atoms with E-state index >= 15 is 0 Å². The fourth-order valence-electron chi connectivity index (χ4n) is 3.75. The number of nitrogens with one attached hydrogen (secondary N) is 3. The van der Waals surface area contributed by atoms with Crippen molar-refractivity contribution >= 4 is 74.3 Å². The number of sulfonamides is 1. The Morgan fingerprint density at radius 1 is 1.00 bits per heavy atom. The van der Waals surface area contributed by atoms with E-state index < -0.39 is 45.9 Å². The molecule has 3 aromatic rings. The molecule has 0 spiro atoms. The summed E-state index contributed by atoms with van der Waals surface area (Å²) in [5.41, 5.74) is 6.12. The van der Waals surface area contributed by atoms with E-state index in [1.165, 1.54) is 12.3 Å². The predicted molar refractivity (Wildman–Crippen MR) is 168 cm³/mol. The maximum Gasteiger partial charge on any atom is 0.250 e. The number of nitrogens with two attached hydrogens (primary N) is 1. The average molecular weight is 734 g/mol. The number of nitrogens with zero attached hydrogens (tertiary/aromatic N) is 1. The number of hydrogen-bond acceptors (Lipinski definition) is 9. The van der Waals surface area contributed by atoms with Crippen LogP contribution in [0.1, 0.15) is 32.3 Å². The van der Waals surface area contributed by atoms with Crippen molar-refractivity contribution in [3.63, 3.8) is 0 Å². The average Bonchev–Trinajstić information content (AvgIpc) is 3.63. The number of halogens is 1. The second-order valence-electron chi connectivity index (χ2n) is 9.68. The Hall–Kier alpha value is -2.47. The summed E-state index contributed by atoms with van der Waals surface area (Å²) in [5.74, 6) is -1.50. The molecule has 11 nitrogen and oxygen atoms in total. The second kappa shape index (κ2) is 15.1. The number of thiophene rings is 1. The summed E-state index contributed by atoms with van der Waals surface area (Å²) < 4.78 is 35.2. The molecule has 0 unspecified atom stereocenters. The number of thiol groups is 1. The second-order valence-corrected chi connectivity index (χ2v) is 14.3. The van der Waals surface area contributed by atoms with Crippen LogP contribution in [0.4, 0.5) is 0 Å². The molecule has 0 saturated carbocycles. The number of hydrogen-bond donors (Lipinski definition) is 5. The van der Waals surface area contributed by atoms with E-state index in [9.17, 15) is 22.8 Å². The zero-order chi connectivity index (χ0) is 30.2. The van der Waals surface area contributed by atoms with Gasteiger partial charge in [-0.1, -0.05) is 31.1 Å². The molecule has 222 valence electrons. The lowest BCUT2D eigenvalue weighted by molar-refractivity contribution is -0.131. The first-order chi connectivity index (χ1) is 19.4. The molecule has 0 aliphatic rings. The maximum atomic E-state index is 13.6. The normalized spacial score (nSPS) is 13.9. The summed E-state index contributed by atoms with van der Waals surface area (Å²) in [6.45, 7) is 3.92. The molecular weight excluding hydrogens is 701 g/mol. The van der Waals surface area contributed by atoms with Crippen LogP contribution in [0.5, 0.6) is 0 Å². The van der Waals surface area contributed by atoms with Crippen molar-refractivity contribution in [1.29, 1.82) is 0 Å². The van der Waals surface area contributed by atoms with Crippen LogP contribution in [0.2, 0.25) is 0 Å². The van der Waals surface area contributed by atoms with Gasteiger partial charge in [-0.2, -0.15) is 17.4 Å². The van der Waals surface area contributed by atoms with E-state index in [2.05, 4.69) is 55.7 Å². The number of carbonyl (C=O) groups excluding carboxylic acids is 3. The third kappa shape index (κ3) is 9.80. The van der Waals surface area contributed by atoms with Crippen LogP contribution >= 0.6 is 46.6 Å². The molecule has 0 fully saturated rings. The molecule has 2 aromatic heterocycles. The molecule has 41 heavy (non-hydrogen) atoms. The van der Waals surface area contributed by atoms with Gasteiger partial charge in [-0.3, -0.25) is 14.4 Å². The smallest absolute Gasteiger partial charge is 0.250 e. The van der Waals surface area contributed by atoms with Gasteiger partial charge in [0.15, 0.2) is 5.76 Å². The summed E-state index contributed by atoms with van der Waals surface area (Å²) in [5, 5.41) is 8.86. The summed E-state index contributed by atoms with van der Waals surface area (Å²) in [4.78, 5) is 39.1. The number of primary amides is 1. The third-order valence-corrected chi connectivity index (χ3v) is 10.1. The van der Waals surface area contributed by atoms with Gasteiger partial charge in [0.1, 0.15) is 22.3 Å². The zero-order valence-electron chi connectivity index (χ0n) is 22.4. The first-order valence-electron chi connectivity index (χ1n) is 12.7. The van der Waals surface area contributed by atoms with E-state index in [1.54, 1.807) is 12.1 Å². The van der Waals surface area contributed by atoms with Crippen molar-refractivity contribution < 1.29 is 27.3 Å². The first-order valence-corrected chi connectivity index (χ1v) is 16.7. The molecule has 0 radical (unpaired) electrons. The summed E-state index contributed by atoms with van der Waals surface area (Å²) >= 11 is 7.20. The van der Waals surface area contributed by atoms with E-state index in [0.29, 0.717) is 17.1 Å². The molecule has 0 bridgehead atoms. The van der Waals surface area contributed by atoms with Crippen molar-refractivity contribution in [2.24, 2.45) is 11.7 Å². The molecule has 0 saturated heterocycles. The molecule has 3 atom stereocenters. The number of carbonyl (C=O) groups is 3. The maximum absolute atomic E-state index is 13.6. The molecule has 15 heteroatoms. The van der Waals surface area contributed by atoms with Gasteiger partial charge < -0.3 is 20.9 Å². The van der Waals surface area contributed by atoms with Gasteiger partial charge in [-0.15, -0.1) is 11.3 Å². The lowest BCUT2D eigenvalue weighted by Crippen LogP contribution is -2.57. The molecule has 2 heterocycles. The van der Waals surface area contributed by atoms with Crippen molar-refractivity contribution in [3.8, 4) is 10.6 Å². The third-order valence-electron chi connectivity index (χ3n) is 6.00. The van der Waals surface area contributed by atoms with Gasteiger partial charge in [0, 0.05) is 21.8 Å². The van der Waals surface area contributed by atoms with Gasteiger partial charge in [0.25, 0.3) is 10.0 Å². The van der Waals surface area contributed by atoms with Crippen LogP contribution in [0, 0.1) is 9.49 Å². The van der Waals surface area contributed by atoms with Crippen LogP contribution in [0.15, 0.2) is 57.4 Å². The lowest BCUT2D eigenvalue weighted by atomic mass is 10.0. The summed E-state index contributed by atoms with van der Waals surface area (Å²) in [7, 11) is -4.10. The highest BCUT2D eigenvalue weighted by atomic mass is 127. The van der Waals surface area contributed by atoms with Crippen molar-refractivity contribution in [2.75, 3.05) is 5.75 Å². The largest absolute Gasteiger partial charge is 0.368 e. The van der Waals surface area contributed by atoms with E-state index in [1.807, 2.05) is 38.1 Å². The molecule has 1 aromatic carbocycles. The van der Waals surface area contributed by atoms with E-state index in [0.717, 1.165) is 20.5 Å². The van der Waals surface area contributed by atoms with Gasteiger partial charge >= 0.3 is 0 Å². The predicted octanol–water partition coefficient (Wildman–Crippen LogP) is 2.72. The number of rotatable bonds is 15. The van der Waals surface area contributed by atoms with E-state index in [4.69, 9.17) is 10.3 Å². The fraction of sp³-hybridized carbons (Fsp3) is 0.385. The summed E-state index contributed by atoms with van der Waals surface area (Å²) in [6.07, 6.45) is 2.30. The van der Waals surface area contributed by atoms with Crippen LogP contribution < -0.4 is 21.1 Å². The van der Waals surface area contributed by atoms with Crippen LogP contribution in [0.25, 0.3) is 10.6 Å². The first kappa shape index (κ1) is 33.0. The van der Waals surface area contributed by atoms with Crippen molar-refractivity contribution in [3.05, 3.63) is 57.8 Å². The quantitative estimate of drug-likeness (QED) is 0.118. The van der Waals surface area contributed by atoms with Crippen molar-refractivity contribution in [1.82, 2.24) is 20.5 Å². The Morgan fingerprint density at radius 2 is 1.66 bits per heavy atom. The van der Waals surface area contributed by atoms with Gasteiger partial charge in [0.2, 0.25) is 17.7 Å². The Morgan fingerprint density at radius 3 is 2.24 bits per heavy atom. The monoisotopic (exact) mass is 733 g/mol. The topological polar surface area (TPSA) is 173 Å². The fourth-order valence-corrected chi connectivity index (χ4v) is 6.89. The molecular formula is C26H32IN5O6S3. The minimum absolute atomic E-state index is 0.00231. The van der Waals surface area contributed by atoms with Crippen LogP contribution in [-0.4, -0.2) is 55.2 Å². The lowest BCUT2D eigenvalue weighted by Gasteiger charge is -2.25. The number of amides is 3. The van der Waals surface area contributed by atoms with Gasteiger partial charge in [-0.05, 0) is 71.2 Å². The zero-order valence-corrected chi connectivity index (χ0v) is 27.1. The Balaban J connectivity index is 1.84. The van der Waals surface area contributed by atoms with Crippen molar-refractivity contribution in [2.45, 2.75) is 55.4 Å². The Kier molecular flexibility index (Phi) is 12.2. The minimum Gasteiger partial charge on any atom is -0.368 e. The highest BCUT2D eigenvalue weighted by molar-refractivity contribution is 14.1. The Bertz CT molecular complexity index is 1430. The SMILES string of the molecule is CC(C)CC[C@H](NS(=O)(=O)c1ccc(-c2ccno2)s1)C(=O)N[C@@H](Cc1ccc(I)cc1)C(=O)N[C@@H](CS)C(N)=O. The Labute approximate surface area is 262 Å². The van der Waals surface area contributed by atoms with Gasteiger partial charge in [0.05, 0.1) is 11.1 Å². The summed E-state index contributed by atoms with van der Waals surface area (Å²) in [6, 6.07) is 8.68. The van der Waals surface area contributed by atoms with Gasteiger partial charge in [-0.25, -0.2) is 8.42 Å². The number of benzene rings is 1. The van der Waals surface area contributed by atoms with E-state index in [-0.39, 0.29) is 28.7 Å².